The minimum absolute atomic E-state index is 0.147. The Labute approximate surface area is 178 Å². The van der Waals surface area contributed by atoms with E-state index in [1.807, 2.05) is 53.9 Å². The Kier molecular flexibility index (Phi) is 5.81. The number of ether oxygens (including phenoxy) is 2. The molecule has 0 atom stereocenters. The summed E-state index contributed by atoms with van der Waals surface area (Å²) in [6.07, 6.45) is 0. The molecule has 2 aromatic carbocycles. The molecule has 2 heterocycles. The molecule has 0 radical (unpaired) electrons. The van der Waals surface area contributed by atoms with Crippen molar-refractivity contribution < 1.29 is 14.3 Å². The van der Waals surface area contributed by atoms with Crippen molar-refractivity contribution in [2.24, 2.45) is 0 Å². The predicted octanol–water partition coefficient (Wildman–Crippen LogP) is 4.99. The number of fused-ring (bicyclic) bond motifs is 1. The lowest BCUT2D eigenvalue weighted by atomic mass is 10.1. The Bertz CT molecular complexity index is 1180. The molecule has 0 aliphatic rings. The van der Waals surface area contributed by atoms with Crippen LogP contribution in [-0.2, 0) is 6.54 Å². The fourth-order valence-corrected chi connectivity index (χ4v) is 3.79. The van der Waals surface area contributed by atoms with Crippen LogP contribution in [-0.4, -0.2) is 25.1 Å². The number of nitrogens with zero attached hydrogens (tertiary/aromatic N) is 1. The number of amides is 1. The number of methoxy groups -OCH3 is 2. The Morgan fingerprint density at radius 2 is 1.90 bits per heavy atom. The molecule has 1 amide bonds. The van der Waals surface area contributed by atoms with Crippen LogP contribution in [0.2, 0.25) is 0 Å². The second kappa shape index (κ2) is 8.84. The van der Waals surface area contributed by atoms with E-state index in [9.17, 15) is 4.79 Å². The first-order valence-corrected chi connectivity index (χ1v) is 10.3. The summed E-state index contributed by atoms with van der Waals surface area (Å²) in [6, 6.07) is 18.8. The summed E-state index contributed by atoms with van der Waals surface area (Å²) in [5.41, 5.74) is 2.02. The highest BCUT2D eigenvalue weighted by atomic mass is 32.1. The maximum atomic E-state index is 13.0. The summed E-state index contributed by atoms with van der Waals surface area (Å²) < 4.78 is 10.7. The number of benzene rings is 2. The normalized spacial score (nSPS) is 10.6. The van der Waals surface area contributed by atoms with Crippen molar-refractivity contribution in [2.45, 2.75) is 6.54 Å². The maximum absolute atomic E-state index is 13.0. The van der Waals surface area contributed by atoms with Crippen molar-refractivity contribution in [1.29, 1.82) is 0 Å². The number of para-hydroxylation sites is 1. The number of hydrogen-bond donors (Lipinski definition) is 2. The molecule has 4 rings (SSSR count). The van der Waals surface area contributed by atoms with Gasteiger partial charge in [-0.3, -0.25) is 4.79 Å². The number of anilines is 2. The van der Waals surface area contributed by atoms with Crippen molar-refractivity contribution in [3.05, 3.63) is 76.5 Å². The zero-order valence-electron chi connectivity index (χ0n) is 16.6. The quantitative estimate of drug-likeness (QED) is 0.442. The summed E-state index contributed by atoms with van der Waals surface area (Å²) in [5, 5.41) is 9.05. The average molecular weight is 420 g/mol. The molecule has 0 aliphatic heterocycles. The summed E-state index contributed by atoms with van der Waals surface area (Å²) in [5.74, 6) is 1.72. The van der Waals surface area contributed by atoms with E-state index in [0.717, 1.165) is 21.5 Å². The molecule has 30 heavy (non-hydrogen) atoms. The van der Waals surface area contributed by atoms with Crippen LogP contribution in [0.25, 0.3) is 10.9 Å². The molecule has 0 aliphatic carbocycles. The zero-order chi connectivity index (χ0) is 20.9. The third-order valence-electron chi connectivity index (χ3n) is 4.64. The maximum Gasteiger partial charge on any atom is 0.252 e. The molecule has 0 saturated carbocycles. The Morgan fingerprint density at radius 3 is 2.67 bits per heavy atom. The monoisotopic (exact) mass is 419 g/mol. The predicted molar refractivity (Wildman–Crippen MR) is 120 cm³/mol. The minimum Gasteiger partial charge on any atom is -0.497 e. The lowest BCUT2D eigenvalue weighted by Gasteiger charge is -2.14. The van der Waals surface area contributed by atoms with Crippen molar-refractivity contribution in [1.82, 2.24) is 10.3 Å². The van der Waals surface area contributed by atoms with E-state index in [-0.39, 0.29) is 5.91 Å². The van der Waals surface area contributed by atoms with Crippen molar-refractivity contribution in [3.8, 4) is 11.5 Å². The van der Waals surface area contributed by atoms with E-state index in [1.54, 1.807) is 37.7 Å². The van der Waals surface area contributed by atoms with Gasteiger partial charge in [-0.15, -0.1) is 11.3 Å². The smallest absolute Gasteiger partial charge is 0.252 e. The van der Waals surface area contributed by atoms with E-state index in [2.05, 4.69) is 15.6 Å². The van der Waals surface area contributed by atoms with E-state index in [1.165, 1.54) is 0 Å². The molecule has 6 nitrogen and oxygen atoms in total. The van der Waals surface area contributed by atoms with Gasteiger partial charge in [0.2, 0.25) is 0 Å². The molecule has 0 saturated heterocycles. The molecular formula is C23H21N3O3S. The van der Waals surface area contributed by atoms with Gasteiger partial charge in [0, 0.05) is 16.3 Å². The van der Waals surface area contributed by atoms with Gasteiger partial charge in [0.1, 0.15) is 17.3 Å². The van der Waals surface area contributed by atoms with Gasteiger partial charge >= 0.3 is 0 Å². The van der Waals surface area contributed by atoms with Crippen LogP contribution < -0.4 is 20.1 Å². The molecule has 0 fully saturated rings. The van der Waals surface area contributed by atoms with Gasteiger partial charge in [0.15, 0.2) is 0 Å². The number of nitrogens with one attached hydrogen (secondary N) is 2. The Hall–Kier alpha value is -3.58. The van der Waals surface area contributed by atoms with Crippen LogP contribution in [0.15, 0.2) is 66.0 Å². The van der Waals surface area contributed by atoms with Crippen molar-refractivity contribution >= 4 is 39.7 Å². The summed E-state index contributed by atoms with van der Waals surface area (Å²) in [4.78, 5) is 18.7. The molecule has 0 spiro atoms. The largest absolute Gasteiger partial charge is 0.497 e. The lowest BCUT2D eigenvalue weighted by molar-refractivity contribution is 0.0953. The first kappa shape index (κ1) is 19.7. The topological polar surface area (TPSA) is 72.5 Å². The zero-order valence-corrected chi connectivity index (χ0v) is 17.5. The van der Waals surface area contributed by atoms with Gasteiger partial charge in [-0.25, -0.2) is 4.98 Å². The molecule has 0 unspecified atom stereocenters. The van der Waals surface area contributed by atoms with Gasteiger partial charge in [-0.2, -0.15) is 0 Å². The lowest BCUT2D eigenvalue weighted by Crippen LogP contribution is -2.22. The molecule has 2 aromatic heterocycles. The Morgan fingerprint density at radius 1 is 1.03 bits per heavy atom. The Balaban J connectivity index is 1.67. The third-order valence-corrected chi connectivity index (χ3v) is 5.51. The summed E-state index contributed by atoms with van der Waals surface area (Å²) in [6.45, 7) is 0.488. The molecule has 0 bridgehead atoms. The number of rotatable bonds is 7. The number of pyridine rings is 1. The highest BCUT2D eigenvalue weighted by Crippen LogP contribution is 2.32. The molecule has 152 valence electrons. The molecule has 4 aromatic rings. The fourth-order valence-electron chi connectivity index (χ4n) is 3.14. The van der Waals surface area contributed by atoms with E-state index >= 15 is 0 Å². The van der Waals surface area contributed by atoms with Crippen LogP contribution in [0.4, 0.5) is 11.5 Å². The number of aromatic nitrogens is 1. The second-order valence-corrected chi connectivity index (χ2v) is 7.56. The SMILES string of the molecule is COc1ccc(Nc2cc(C(=O)NCc3cccs3)c3ccccc3n2)c(OC)c1. The van der Waals surface area contributed by atoms with Crippen LogP contribution in [0, 0.1) is 0 Å². The highest BCUT2D eigenvalue weighted by molar-refractivity contribution is 7.09. The van der Waals surface area contributed by atoms with Crippen LogP contribution in [0.3, 0.4) is 0 Å². The van der Waals surface area contributed by atoms with Gasteiger partial charge < -0.3 is 20.1 Å². The highest BCUT2D eigenvalue weighted by Gasteiger charge is 2.14. The number of hydrogen-bond acceptors (Lipinski definition) is 6. The number of carbonyl (C=O) groups is 1. The van der Waals surface area contributed by atoms with Gasteiger partial charge in [0.25, 0.3) is 5.91 Å². The standard InChI is InChI=1S/C23H21N3O3S/c1-28-15-9-10-20(21(12-15)29-2)26-22-13-18(17-7-3-4-8-19(17)25-22)23(27)24-14-16-6-5-11-30-16/h3-13H,14H2,1-2H3,(H,24,27)(H,25,26). The van der Waals surface area contributed by atoms with Crippen LogP contribution in [0.1, 0.15) is 15.2 Å². The molecular weight excluding hydrogens is 398 g/mol. The van der Waals surface area contributed by atoms with Gasteiger partial charge in [0.05, 0.1) is 37.5 Å². The van der Waals surface area contributed by atoms with Crippen molar-refractivity contribution in [3.63, 3.8) is 0 Å². The summed E-state index contributed by atoms with van der Waals surface area (Å²) in [7, 11) is 3.20. The second-order valence-electron chi connectivity index (χ2n) is 6.53. The van der Waals surface area contributed by atoms with Crippen LogP contribution in [0.5, 0.6) is 11.5 Å². The van der Waals surface area contributed by atoms with E-state index < -0.39 is 0 Å². The van der Waals surface area contributed by atoms with Crippen LogP contribution >= 0.6 is 11.3 Å². The van der Waals surface area contributed by atoms with E-state index in [0.29, 0.717) is 29.4 Å². The number of thiophene rings is 1. The first-order chi connectivity index (χ1) is 14.7. The van der Waals surface area contributed by atoms with E-state index in [4.69, 9.17) is 9.47 Å². The first-order valence-electron chi connectivity index (χ1n) is 9.37. The molecule has 7 heteroatoms. The minimum atomic E-state index is -0.147. The average Bonchev–Trinajstić information content (AvgIpc) is 3.31. The van der Waals surface area contributed by atoms with Gasteiger partial charge in [-0.05, 0) is 35.7 Å². The molecule has 2 N–H and O–H groups in total. The van der Waals surface area contributed by atoms with Crippen molar-refractivity contribution in [2.75, 3.05) is 19.5 Å². The fraction of sp³-hybridized carbons (Fsp3) is 0.130. The third kappa shape index (κ3) is 4.21. The number of carbonyl (C=O) groups excluding carboxylic acids is 1. The summed E-state index contributed by atoms with van der Waals surface area (Å²) >= 11 is 1.61. The van der Waals surface area contributed by atoms with Gasteiger partial charge in [-0.1, -0.05) is 24.3 Å².